The third kappa shape index (κ3) is 3.47. The molecule has 0 unspecified atom stereocenters. The third-order valence-corrected chi connectivity index (χ3v) is 4.18. The Labute approximate surface area is 145 Å². The van der Waals surface area contributed by atoms with Gasteiger partial charge in [-0.05, 0) is 24.3 Å². The molecule has 1 amide bonds. The largest absolute Gasteiger partial charge is 0.478 e. The van der Waals surface area contributed by atoms with Gasteiger partial charge in [0, 0.05) is 0 Å². The van der Waals surface area contributed by atoms with E-state index in [-0.39, 0.29) is 36.9 Å². The minimum Gasteiger partial charge on any atom is -0.478 e. The normalized spacial score (nSPS) is 10.4. The molecule has 0 saturated heterocycles. The Morgan fingerprint density at radius 3 is 2.23 bits per heavy atom. The van der Waals surface area contributed by atoms with Crippen LogP contribution in [0, 0.1) is 0 Å². The number of amides is 1. The number of aromatic carboxylic acids is 1. The summed E-state index contributed by atoms with van der Waals surface area (Å²) in [6.07, 6.45) is 0. The molecule has 0 saturated carbocycles. The van der Waals surface area contributed by atoms with Crippen LogP contribution in [0.3, 0.4) is 0 Å². The molecule has 0 fully saturated rings. The predicted molar refractivity (Wildman–Crippen MR) is 87.8 cm³/mol. The SMILES string of the molecule is O=C(O)c1cc(NC(=O)c2cccc(Cl)c2Cl)c(Cl)cc1Cl. The zero-order valence-corrected chi connectivity index (χ0v) is 13.7. The van der Waals surface area contributed by atoms with E-state index in [1.54, 1.807) is 12.1 Å². The maximum Gasteiger partial charge on any atom is 0.337 e. The van der Waals surface area contributed by atoms with Crippen molar-refractivity contribution in [1.29, 1.82) is 0 Å². The smallest absolute Gasteiger partial charge is 0.337 e. The number of rotatable bonds is 3. The van der Waals surface area contributed by atoms with Crippen molar-refractivity contribution in [3.8, 4) is 0 Å². The summed E-state index contributed by atoms with van der Waals surface area (Å²) in [5, 5.41) is 11.9. The van der Waals surface area contributed by atoms with Gasteiger partial charge in [0.15, 0.2) is 0 Å². The Balaban J connectivity index is 2.38. The molecular weight excluding hydrogens is 372 g/mol. The first-order valence-electron chi connectivity index (χ1n) is 5.79. The lowest BCUT2D eigenvalue weighted by Crippen LogP contribution is -2.13. The highest BCUT2D eigenvalue weighted by Crippen LogP contribution is 2.31. The van der Waals surface area contributed by atoms with Crippen molar-refractivity contribution in [2.45, 2.75) is 0 Å². The average Bonchev–Trinajstić information content (AvgIpc) is 2.44. The van der Waals surface area contributed by atoms with Gasteiger partial charge in [-0.2, -0.15) is 0 Å². The number of carboxylic acid groups (broad SMARTS) is 1. The van der Waals surface area contributed by atoms with Gasteiger partial charge in [0.25, 0.3) is 5.91 Å². The number of benzene rings is 2. The first-order chi connectivity index (χ1) is 10.3. The molecule has 0 atom stereocenters. The molecular formula is C14H7Cl4NO3. The van der Waals surface area contributed by atoms with Crippen LogP contribution in [0.4, 0.5) is 5.69 Å². The zero-order chi connectivity index (χ0) is 16.4. The van der Waals surface area contributed by atoms with Gasteiger partial charge in [0.2, 0.25) is 0 Å². The van der Waals surface area contributed by atoms with Crippen LogP contribution in [0.15, 0.2) is 30.3 Å². The first kappa shape index (κ1) is 16.9. The molecule has 0 aliphatic rings. The van der Waals surface area contributed by atoms with Gasteiger partial charge in [-0.3, -0.25) is 4.79 Å². The molecule has 2 aromatic carbocycles. The van der Waals surface area contributed by atoms with Gasteiger partial charge in [-0.15, -0.1) is 0 Å². The first-order valence-corrected chi connectivity index (χ1v) is 7.30. The fourth-order valence-corrected chi connectivity index (χ4v) is 2.58. The molecule has 22 heavy (non-hydrogen) atoms. The van der Waals surface area contributed by atoms with Gasteiger partial charge in [-0.1, -0.05) is 52.5 Å². The molecule has 0 aromatic heterocycles. The molecule has 0 aliphatic carbocycles. The minimum absolute atomic E-state index is 0.0312. The second-order valence-corrected chi connectivity index (χ2v) is 5.77. The van der Waals surface area contributed by atoms with Gasteiger partial charge in [0.1, 0.15) is 0 Å². The molecule has 2 aromatic rings. The van der Waals surface area contributed by atoms with E-state index in [1.807, 2.05) is 0 Å². The summed E-state index contributed by atoms with van der Waals surface area (Å²) in [6, 6.07) is 6.99. The fourth-order valence-electron chi connectivity index (χ4n) is 1.68. The number of carbonyl (C=O) groups excluding carboxylic acids is 1. The van der Waals surface area contributed by atoms with Gasteiger partial charge in [-0.25, -0.2) is 4.79 Å². The van der Waals surface area contributed by atoms with Gasteiger partial charge in [0.05, 0.1) is 36.9 Å². The van der Waals surface area contributed by atoms with E-state index in [2.05, 4.69) is 5.32 Å². The number of nitrogens with one attached hydrogen (secondary N) is 1. The van der Waals surface area contributed by atoms with Crippen molar-refractivity contribution in [2.75, 3.05) is 5.32 Å². The van der Waals surface area contributed by atoms with Gasteiger partial charge < -0.3 is 10.4 Å². The monoisotopic (exact) mass is 377 g/mol. The molecule has 0 heterocycles. The standard InChI is InChI=1S/C14H7Cl4NO3/c15-8-3-1-2-6(12(8)18)13(20)19-11-4-7(14(21)22)9(16)5-10(11)17/h1-5H,(H,19,20)(H,21,22). The van der Waals surface area contributed by atoms with E-state index >= 15 is 0 Å². The summed E-state index contributed by atoms with van der Waals surface area (Å²) < 4.78 is 0. The van der Waals surface area contributed by atoms with Gasteiger partial charge >= 0.3 is 5.97 Å². The number of carboxylic acids is 1. The lowest BCUT2D eigenvalue weighted by atomic mass is 10.1. The van der Waals surface area contributed by atoms with Crippen LogP contribution in [-0.2, 0) is 0 Å². The van der Waals surface area contributed by atoms with Crippen LogP contribution in [0.1, 0.15) is 20.7 Å². The van der Waals surface area contributed by atoms with Crippen molar-refractivity contribution in [2.24, 2.45) is 0 Å². The Morgan fingerprint density at radius 2 is 1.59 bits per heavy atom. The van der Waals surface area contributed by atoms with Crippen molar-refractivity contribution < 1.29 is 14.7 Å². The average molecular weight is 379 g/mol. The molecule has 2 N–H and O–H groups in total. The van der Waals surface area contributed by atoms with Crippen LogP contribution in [0.5, 0.6) is 0 Å². The Hall–Kier alpha value is -1.46. The fraction of sp³-hybridized carbons (Fsp3) is 0. The molecule has 0 radical (unpaired) electrons. The Kier molecular flexibility index (Phi) is 5.19. The predicted octanol–water partition coefficient (Wildman–Crippen LogP) is 5.25. The van der Waals surface area contributed by atoms with Crippen LogP contribution < -0.4 is 5.32 Å². The second kappa shape index (κ2) is 6.75. The van der Waals surface area contributed by atoms with E-state index in [0.717, 1.165) is 0 Å². The van der Waals surface area contributed by atoms with Crippen LogP contribution in [0.25, 0.3) is 0 Å². The highest BCUT2D eigenvalue weighted by atomic mass is 35.5. The number of carbonyl (C=O) groups is 2. The number of hydrogen-bond donors (Lipinski definition) is 2. The summed E-state index contributed by atoms with van der Waals surface area (Å²) in [6.45, 7) is 0. The van der Waals surface area contributed by atoms with E-state index < -0.39 is 11.9 Å². The molecule has 0 aliphatic heterocycles. The summed E-state index contributed by atoms with van der Waals surface area (Å²) in [7, 11) is 0. The van der Waals surface area contributed by atoms with Crippen molar-refractivity contribution in [3.63, 3.8) is 0 Å². The van der Waals surface area contributed by atoms with E-state index in [0.29, 0.717) is 0 Å². The summed E-state index contributed by atoms with van der Waals surface area (Å²) in [5.74, 6) is -1.81. The third-order valence-electron chi connectivity index (χ3n) is 2.73. The van der Waals surface area contributed by atoms with Crippen molar-refractivity contribution in [3.05, 3.63) is 61.5 Å². The van der Waals surface area contributed by atoms with Crippen LogP contribution in [-0.4, -0.2) is 17.0 Å². The molecule has 0 bridgehead atoms. The molecule has 114 valence electrons. The Morgan fingerprint density at radius 1 is 0.909 bits per heavy atom. The quantitative estimate of drug-likeness (QED) is 0.766. The molecule has 0 spiro atoms. The maximum atomic E-state index is 12.2. The summed E-state index contributed by atoms with van der Waals surface area (Å²) in [5.41, 5.74) is 0.0557. The topological polar surface area (TPSA) is 66.4 Å². The minimum atomic E-state index is -1.24. The highest BCUT2D eigenvalue weighted by Gasteiger charge is 2.17. The second-order valence-electron chi connectivity index (χ2n) is 4.17. The van der Waals surface area contributed by atoms with E-state index in [9.17, 15) is 9.59 Å². The maximum absolute atomic E-state index is 12.2. The zero-order valence-electron chi connectivity index (χ0n) is 10.7. The van der Waals surface area contributed by atoms with E-state index in [1.165, 1.54) is 18.2 Å². The Bertz CT molecular complexity index is 777. The molecule has 2 rings (SSSR count). The van der Waals surface area contributed by atoms with Crippen LogP contribution in [0.2, 0.25) is 20.1 Å². The molecule has 8 heteroatoms. The number of anilines is 1. The van der Waals surface area contributed by atoms with E-state index in [4.69, 9.17) is 51.5 Å². The molecule has 4 nitrogen and oxygen atoms in total. The number of halogens is 4. The lowest BCUT2D eigenvalue weighted by Gasteiger charge is -2.11. The summed E-state index contributed by atoms with van der Waals surface area (Å²) >= 11 is 23.5. The van der Waals surface area contributed by atoms with Crippen molar-refractivity contribution in [1.82, 2.24) is 0 Å². The number of hydrogen-bond acceptors (Lipinski definition) is 2. The lowest BCUT2D eigenvalue weighted by molar-refractivity contribution is 0.0696. The highest BCUT2D eigenvalue weighted by molar-refractivity contribution is 6.44. The van der Waals surface area contributed by atoms with Crippen LogP contribution >= 0.6 is 46.4 Å². The van der Waals surface area contributed by atoms with Crippen molar-refractivity contribution >= 4 is 64.0 Å². The summed E-state index contributed by atoms with van der Waals surface area (Å²) in [4.78, 5) is 23.3.